The number of anilines is 2. The minimum Gasteiger partial charge on any atom is -0.465 e. The van der Waals surface area contributed by atoms with Gasteiger partial charge in [0.1, 0.15) is 23.7 Å². The van der Waals surface area contributed by atoms with Crippen molar-refractivity contribution in [2.45, 2.75) is 40.3 Å². The Morgan fingerprint density at radius 3 is 2.71 bits per heavy atom. The quantitative estimate of drug-likeness (QED) is 0.494. The van der Waals surface area contributed by atoms with E-state index in [1.165, 1.54) is 0 Å². The van der Waals surface area contributed by atoms with Gasteiger partial charge in [-0.2, -0.15) is 0 Å². The number of carbonyl (C=O) groups excluding carboxylic acids is 1. The number of nitrogens with one attached hydrogen (secondary N) is 1. The van der Waals surface area contributed by atoms with Crippen LogP contribution in [0.1, 0.15) is 42.4 Å². The molecule has 0 saturated heterocycles. The van der Waals surface area contributed by atoms with Gasteiger partial charge in [-0.05, 0) is 39.0 Å². The highest BCUT2D eigenvalue weighted by atomic mass is 16.4. The van der Waals surface area contributed by atoms with Crippen LogP contribution in [-0.2, 0) is 19.5 Å². The molecule has 0 aromatic carbocycles. The number of aryl methyl sites for hydroxylation is 1. The van der Waals surface area contributed by atoms with Gasteiger partial charge in [0.25, 0.3) is 5.91 Å². The predicted molar refractivity (Wildman–Crippen MR) is 127 cm³/mol. The van der Waals surface area contributed by atoms with Gasteiger partial charge in [0.2, 0.25) is 0 Å². The summed E-state index contributed by atoms with van der Waals surface area (Å²) < 4.78 is 1.89. The first-order valence-electron chi connectivity index (χ1n) is 11.4. The second-order valence-electron chi connectivity index (χ2n) is 7.82. The number of aromatic nitrogens is 5. The molecule has 0 radical (unpaired) electrons. The summed E-state index contributed by atoms with van der Waals surface area (Å²) in [5, 5.41) is 19.5. The molecule has 0 atom stereocenters. The molecule has 11 heteroatoms. The van der Waals surface area contributed by atoms with Crippen molar-refractivity contribution in [3.63, 3.8) is 0 Å². The van der Waals surface area contributed by atoms with Gasteiger partial charge in [0.05, 0.1) is 17.8 Å². The lowest BCUT2D eigenvalue weighted by molar-refractivity contribution is 0.0996. The molecule has 1 aliphatic heterocycles. The Hall–Kier alpha value is -4.02. The first-order valence-corrected chi connectivity index (χ1v) is 11.4. The van der Waals surface area contributed by atoms with Crippen molar-refractivity contribution in [3.8, 4) is 11.5 Å². The molecule has 1 aliphatic rings. The smallest absolute Gasteiger partial charge is 0.404 e. The average molecular weight is 465 g/mol. The summed E-state index contributed by atoms with van der Waals surface area (Å²) in [4.78, 5) is 37.6. The molecule has 4 rings (SSSR count). The number of rotatable bonds is 9. The highest BCUT2D eigenvalue weighted by Gasteiger charge is 2.33. The van der Waals surface area contributed by atoms with E-state index < -0.39 is 6.09 Å². The molecule has 2 amide bonds. The largest absolute Gasteiger partial charge is 0.465 e. The van der Waals surface area contributed by atoms with Crippen molar-refractivity contribution in [1.29, 1.82) is 0 Å². The lowest BCUT2D eigenvalue weighted by atomic mass is 10.1. The summed E-state index contributed by atoms with van der Waals surface area (Å²) in [6.07, 6.45) is 0.950. The van der Waals surface area contributed by atoms with E-state index in [2.05, 4.69) is 20.4 Å². The van der Waals surface area contributed by atoms with Crippen molar-refractivity contribution >= 4 is 23.6 Å². The Kier molecular flexibility index (Phi) is 6.71. The Balaban J connectivity index is 1.70. The zero-order valence-electron chi connectivity index (χ0n) is 19.5. The van der Waals surface area contributed by atoms with Crippen molar-refractivity contribution in [1.82, 2.24) is 30.0 Å². The molecule has 0 saturated carbocycles. The van der Waals surface area contributed by atoms with Crippen molar-refractivity contribution < 1.29 is 14.7 Å². The van der Waals surface area contributed by atoms with E-state index in [0.29, 0.717) is 53.9 Å². The SMILES string of the molecule is CCN(CC)c1cc2c(c(CCNC(=O)O)n1)CN(c1cccc(-c3nncn3CC)n1)C2=O. The van der Waals surface area contributed by atoms with Crippen LogP contribution in [0.25, 0.3) is 11.5 Å². The Labute approximate surface area is 197 Å². The van der Waals surface area contributed by atoms with Crippen molar-refractivity contribution in [3.05, 3.63) is 47.4 Å². The van der Waals surface area contributed by atoms with Gasteiger partial charge in [-0.15, -0.1) is 10.2 Å². The molecule has 3 aromatic rings. The minimum atomic E-state index is -1.09. The Morgan fingerprint density at radius 2 is 2.00 bits per heavy atom. The van der Waals surface area contributed by atoms with E-state index in [9.17, 15) is 9.59 Å². The lowest BCUT2D eigenvalue weighted by Gasteiger charge is -2.21. The lowest BCUT2D eigenvalue weighted by Crippen LogP contribution is -2.26. The molecular formula is C23H28N8O3. The molecular weight excluding hydrogens is 436 g/mol. The third-order valence-electron chi connectivity index (χ3n) is 5.91. The van der Waals surface area contributed by atoms with Crippen LogP contribution in [0, 0.1) is 0 Å². The van der Waals surface area contributed by atoms with Crippen LogP contribution in [0.15, 0.2) is 30.6 Å². The number of hydrogen-bond acceptors (Lipinski definition) is 7. The maximum atomic E-state index is 13.5. The van der Waals surface area contributed by atoms with Crippen molar-refractivity contribution in [2.24, 2.45) is 0 Å². The maximum absolute atomic E-state index is 13.5. The molecule has 0 fully saturated rings. The van der Waals surface area contributed by atoms with Gasteiger partial charge in [0.15, 0.2) is 5.82 Å². The average Bonchev–Trinajstić information content (AvgIpc) is 3.45. The molecule has 0 bridgehead atoms. The fraction of sp³-hybridized carbons (Fsp3) is 0.391. The van der Waals surface area contributed by atoms with E-state index in [-0.39, 0.29) is 12.5 Å². The molecule has 3 aromatic heterocycles. The molecule has 4 heterocycles. The molecule has 34 heavy (non-hydrogen) atoms. The summed E-state index contributed by atoms with van der Waals surface area (Å²) in [7, 11) is 0. The Morgan fingerprint density at radius 1 is 1.21 bits per heavy atom. The van der Waals surface area contributed by atoms with Crippen LogP contribution in [0.5, 0.6) is 0 Å². The topological polar surface area (TPSA) is 129 Å². The molecule has 0 spiro atoms. The summed E-state index contributed by atoms with van der Waals surface area (Å²) in [6, 6.07) is 7.32. The number of fused-ring (bicyclic) bond motifs is 1. The second kappa shape index (κ2) is 9.86. The Bertz CT molecular complexity index is 1200. The number of hydrogen-bond donors (Lipinski definition) is 2. The van der Waals surface area contributed by atoms with Crippen LogP contribution in [-0.4, -0.2) is 61.5 Å². The predicted octanol–water partition coefficient (Wildman–Crippen LogP) is 2.57. The van der Waals surface area contributed by atoms with Gasteiger partial charge in [-0.25, -0.2) is 14.8 Å². The van der Waals surface area contributed by atoms with Crippen LogP contribution >= 0.6 is 0 Å². The standard InChI is InChI=1S/C23H28N8O3/c1-4-29(5-2)20-12-15-16(17(26-20)10-11-24-23(33)34)13-31(22(15)32)19-9-7-8-18(27-19)21-28-25-14-30(21)6-3/h7-9,12,14,24H,4-6,10-11,13H2,1-3H3,(H,33,34). The summed E-state index contributed by atoms with van der Waals surface area (Å²) in [5.74, 6) is 1.71. The first kappa shape index (κ1) is 23.1. The van der Waals surface area contributed by atoms with E-state index in [0.717, 1.165) is 18.7 Å². The fourth-order valence-electron chi connectivity index (χ4n) is 4.12. The minimum absolute atomic E-state index is 0.153. The van der Waals surface area contributed by atoms with E-state index in [4.69, 9.17) is 15.1 Å². The van der Waals surface area contributed by atoms with Gasteiger partial charge < -0.3 is 19.9 Å². The maximum Gasteiger partial charge on any atom is 0.404 e. The van der Waals surface area contributed by atoms with Crippen LogP contribution in [0.4, 0.5) is 16.4 Å². The second-order valence-corrected chi connectivity index (χ2v) is 7.82. The third-order valence-corrected chi connectivity index (χ3v) is 5.91. The van der Waals surface area contributed by atoms with E-state index in [1.54, 1.807) is 17.3 Å². The number of pyridine rings is 2. The molecule has 2 N–H and O–H groups in total. The summed E-state index contributed by atoms with van der Waals surface area (Å²) in [6.45, 7) is 8.78. The molecule has 0 aliphatic carbocycles. The van der Waals surface area contributed by atoms with Gasteiger partial charge in [0, 0.05) is 38.2 Å². The zero-order chi connectivity index (χ0) is 24.2. The monoisotopic (exact) mass is 464 g/mol. The van der Waals surface area contributed by atoms with E-state index in [1.807, 2.05) is 43.5 Å². The highest BCUT2D eigenvalue weighted by molar-refractivity contribution is 6.10. The fourth-order valence-corrected chi connectivity index (χ4v) is 4.12. The number of amides is 2. The van der Waals surface area contributed by atoms with Crippen LogP contribution in [0.3, 0.4) is 0 Å². The van der Waals surface area contributed by atoms with Crippen molar-refractivity contribution in [2.75, 3.05) is 29.4 Å². The summed E-state index contributed by atoms with van der Waals surface area (Å²) >= 11 is 0. The molecule has 0 unspecified atom stereocenters. The number of nitrogens with zero attached hydrogens (tertiary/aromatic N) is 7. The van der Waals surface area contributed by atoms with Gasteiger partial charge in [-0.3, -0.25) is 9.69 Å². The molecule has 11 nitrogen and oxygen atoms in total. The third kappa shape index (κ3) is 4.41. The van der Waals surface area contributed by atoms with Gasteiger partial charge >= 0.3 is 6.09 Å². The normalized spacial score (nSPS) is 12.7. The molecule has 178 valence electrons. The zero-order valence-corrected chi connectivity index (χ0v) is 19.5. The number of carbonyl (C=O) groups is 2. The van der Waals surface area contributed by atoms with Gasteiger partial charge in [-0.1, -0.05) is 6.07 Å². The highest BCUT2D eigenvalue weighted by Crippen LogP contribution is 2.32. The first-order chi connectivity index (χ1) is 16.5. The summed E-state index contributed by atoms with van der Waals surface area (Å²) in [5.41, 5.74) is 2.72. The number of carboxylic acid groups (broad SMARTS) is 1. The van der Waals surface area contributed by atoms with Crippen LogP contribution < -0.4 is 15.1 Å². The van der Waals surface area contributed by atoms with Crippen LogP contribution in [0.2, 0.25) is 0 Å². The van der Waals surface area contributed by atoms with E-state index >= 15 is 0 Å².